The highest BCUT2D eigenvalue weighted by Crippen LogP contribution is 2.42. The van der Waals surface area contributed by atoms with Crippen molar-refractivity contribution in [2.45, 2.75) is 59.8 Å². The maximum atomic E-state index is 6.64. The molecule has 0 atom stereocenters. The number of furan rings is 1. The minimum absolute atomic E-state index is 0.0917. The highest BCUT2D eigenvalue weighted by atomic mass is 16.5. The minimum Gasteiger partial charge on any atom is -0.455 e. The normalized spacial score (nSPS) is 22.0. The molecule has 260 valence electrons. The zero-order chi connectivity index (χ0) is 36.5. The molecular formula is C49H47NO2. The zero-order valence-electron chi connectivity index (χ0n) is 30.8. The molecular weight excluding hydrogens is 635 g/mol. The first-order valence-electron chi connectivity index (χ1n) is 18.1. The lowest BCUT2D eigenvalue weighted by atomic mass is 9.78. The predicted octanol–water partition coefficient (Wildman–Crippen LogP) is 12.3. The molecule has 0 fully saturated rings. The lowest BCUT2D eigenvalue weighted by Gasteiger charge is -2.27. The average molecular weight is 682 g/mol. The molecule has 2 heterocycles. The summed E-state index contributed by atoms with van der Waals surface area (Å²) >= 11 is 0. The monoisotopic (exact) mass is 681 g/mol. The van der Waals surface area contributed by atoms with E-state index in [1.807, 2.05) is 42.5 Å². The first-order chi connectivity index (χ1) is 25.3. The van der Waals surface area contributed by atoms with E-state index in [2.05, 4.69) is 129 Å². The number of fused-ring (bicyclic) bond motifs is 2. The van der Waals surface area contributed by atoms with Gasteiger partial charge in [0.25, 0.3) is 0 Å². The Bertz CT molecular complexity index is 2190. The lowest BCUT2D eigenvalue weighted by Crippen LogP contribution is -2.20. The molecule has 0 aromatic carbocycles. The summed E-state index contributed by atoms with van der Waals surface area (Å²) < 4.78 is 13.0. The smallest absolute Gasteiger partial charge is 0.173 e. The van der Waals surface area contributed by atoms with Crippen LogP contribution in [0.4, 0.5) is 0 Å². The molecule has 0 N–H and O–H groups in total. The van der Waals surface area contributed by atoms with Gasteiger partial charge in [-0.2, -0.15) is 0 Å². The minimum atomic E-state index is -0.0917. The Kier molecular flexibility index (Phi) is 11.3. The van der Waals surface area contributed by atoms with Gasteiger partial charge in [0.1, 0.15) is 17.3 Å². The van der Waals surface area contributed by atoms with Crippen LogP contribution in [0.1, 0.15) is 76.0 Å². The van der Waals surface area contributed by atoms with Crippen molar-refractivity contribution in [3.8, 4) is 12.3 Å². The number of rotatable bonds is 10. The van der Waals surface area contributed by atoms with Gasteiger partial charge in [-0.15, -0.1) is 18.1 Å². The molecule has 1 aromatic rings. The maximum absolute atomic E-state index is 6.64. The summed E-state index contributed by atoms with van der Waals surface area (Å²) in [6.45, 7) is 13.6. The number of nitrogens with zero attached hydrogens (tertiary/aromatic N) is 1. The van der Waals surface area contributed by atoms with Crippen LogP contribution < -0.4 is 0 Å². The molecule has 0 saturated heterocycles. The highest BCUT2D eigenvalue weighted by Gasteiger charge is 2.28. The van der Waals surface area contributed by atoms with Crippen molar-refractivity contribution in [3.05, 3.63) is 195 Å². The first kappa shape index (κ1) is 35.9. The summed E-state index contributed by atoms with van der Waals surface area (Å²) in [4.78, 5) is 2.36. The van der Waals surface area contributed by atoms with Crippen LogP contribution in [0.5, 0.6) is 0 Å². The molecule has 0 saturated carbocycles. The van der Waals surface area contributed by atoms with Crippen molar-refractivity contribution < 1.29 is 9.15 Å². The maximum Gasteiger partial charge on any atom is 0.173 e. The quantitative estimate of drug-likeness (QED) is 0.106. The van der Waals surface area contributed by atoms with Crippen LogP contribution in [0.3, 0.4) is 0 Å². The highest BCUT2D eigenvalue weighted by molar-refractivity contribution is 5.77. The van der Waals surface area contributed by atoms with Crippen LogP contribution in [-0.4, -0.2) is 11.4 Å². The predicted molar refractivity (Wildman–Crippen MR) is 218 cm³/mol. The van der Waals surface area contributed by atoms with Crippen LogP contribution in [0.2, 0.25) is 0 Å². The van der Waals surface area contributed by atoms with Crippen molar-refractivity contribution in [2.75, 3.05) is 6.54 Å². The fourth-order valence-corrected chi connectivity index (χ4v) is 6.83. The van der Waals surface area contributed by atoms with Crippen molar-refractivity contribution in [1.82, 2.24) is 4.90 Å². The summed E-state index contributed by atoms with van der Waals surface area (Å²) in [5.74, 6) is 6.26. The summed E-state index contributed by atoms with van der Waals surface area (Å²) in [6.07, 6.45) is 51.4. The van der Waals surface area contributed by atoms with Gasteiger partial charge >= 0.3 is 0 Å². The van der Waals surface area contributed by atoms with Crippen LogP contribution in [0.15, 0.2) is 177 Å². The molecule has 1 aliphatic heterocycles. The van der Waals surface area contributed by atoms with Crippen molar-refractivity contribution in [1.29, 1.82) is 0 Å². The van der Waals surface area contributed by atoms with Gasteiger partial charge in [-0.3, -0.25) is 0 Å². The van der Waals surface area contributed by atoms with E-state index in [9.17, 15) is 0 Å². The van der Waals surface area contributed by atoms with Crippen molar-refractivity contribution in [3.63, 3.8) is 0 Å². The molecule has 6 rings (SSSR count). The molecule has 2 bridgehead atoms. The summed E-state index contributed by atoms with van der Waals surface area (Å²) in [6, 6.07) is 0. The molecule has 0 amide bonds. The molecule has 52 heavy (non-hydrogen) atoms. The Morgan fingerprint density at radius 3 is 2.77 bits per heavy atom. The molecule has 0 unspecified atom stereocenters. The van der Waals surface area contributed by atoms with E-state index >= 15 is 0 Å². The van der Waals surface area contributed by atoms with E-state index in [4.69, 9.17) is 15.6 Å². The van der Waals surface area contributed by atoms with Gasteiger partial charge < -0.3 is 14.1 Å². The second-order valence-corrected chi connectivity index (χ2v) is 13.9. The van der Waals surface area contributed by atoms with E-state index in [0.29, 0.717) is 19.4 Å². The number of ether oxygens (including phenoxy) is 1. The topological polar surface area (TPSA) is 25.6 Å². The van der Waals surface area contributed by atoms with E-state index in [1.165, 1.54) is 16.7 Å². The molecule has 3 nitrogen and oxygen atoms in total. The summed E-state index contributed by atoms with van der Waals surface area (Å²) in [5, 5.41) is 0. The van der Waals surface area contributed by atoms with E-state index < -0.39 is 0 Å². The SMILES string of the molecule is C#CCc1c(/C2=C(\C)C(C)(C)C/C=C\C(N(C/C=C\CC3=CC=CC4=C=C3OC3=C4CC=CC=C3)/C(C)=C/C=C\C=C)=C/C2)oc2c1C=CC=C=C2. The molecule has 3 heteroatoms. The molecule has 1 aromatic heterocycles. The fraction of sp³-hybridized carbons (Fsp3) is 0.224. The van der Waals surface area contributed by atoms with E-state index in [-0.39, 0.29) is 5.41 Å². The number of hydrogen-bond donors (Lipinski definition) is 0. The Morgan fingerprint density at radius 1 is 1.04 bits per heavy atom. The van der Waals surface area contributed by atoms with Crippen LogP contribution in [0.25, 0.3) is 17.7 Å². The lowest BCUT2D eigenvalue weighted by molar-refractivity contribution is 0.321. The standard InChI is InChI=1S/C49H47NO2/c1-7-9-12-22-36(3)50(34-18-17-23-38-24-19-25-39-35-47(38)51-45-29-15-10-13-27-42(39)45)40-26-20-33-49(5,6)37(4)41(32-31-40)48-44(21-8-2)43-28-14-11-16-30-46(43)52-48/h2,7,9-15,17-20,22,24-26,28-31H,1,21,23,27,32-34H2,3-6H3/b12-9-,18-17-,26-20-,36-22+,40-31+,41-37+. The first-order valence-corrected chi connectivity index (χ1v) is 18.1. The third-order valence-corrected chi connectivity index (χ3v) is 10.1. The Balaban J connectivity index is 1.30. The second kappa shape index (κ2) is 16.4. The van der Waals surface area contributed by atoms with Gasteiger partial charge in [-0.25, -0.2) is 0 Å². The second-order valence-electron chi connectivity index (χ2n) is 13.9. The fourth-order valence-electron chi connectivity index (χ4n) is 6.83. The van der Waals surface area contributed by atoms with Gasteiger partial charge in [-0.05, 0) is 80.9 Å². The molecule has 5 aliphatic rings. The van der Waals surface area contributed by atoms with Gasteiger partial charge in [0.05, 0.1) is 0 Å². The third-order valence-electron chi connectivity index (χ3n) is 10.1. The molecule has 4 aliphatic carbocycles. The molecule has 0 spiro atoms. The van der Waals surface area contributed by atoms with Gasteiger partial charge in [0.15, 0.2) is 5.76 Å². The Morgan fingerprint density at radius 2 is 1.92 bits per heavy atom. The van der Waals surface area contributed by atoms with Crippen LogP contribution in [0, 0.1) is 17.8 Å². The Hall–Kier alpha value is -5.90. The van der Waals surface area contributed by atoms with Gasteiger partial charge in [0, 0.05) is 58.3 Å². The average Bonchev–Trinajstić information content (AvgIpc) is 3.36. The van der Waals surface area contributed by atoms with Crippen LogP contribution >= 0.6 is 0 Å². The summed E-state index contributed by atoms with van der Waals surface area (Å²) in [7, 11) is 0. The third kappa shape index (κ3) is 8.01. The van der Waals surface area contributed by atoms with Crippen molar-refractivity contribution in [2.24, 2.45) is 5.41 Å². The Labute approximate surface area is 310 Å². The number of allylic oxidation sites excluding steroid dienone is 22. The van der Waals surface area contributed by atoms with Crippen LogP contribution in [-0.2, 0) is 11.2 Å². The van der Waals surface area contributed by atoms with Crippen molar-refractivity contribution >= 4 is 17.7 Å². The van der Waals surface area contributed by atoms with Gasteiger partial charge in [0.2, 0.25) is 0 Å². The number of terminal acetylenes is 1. The zero-order valence-corrected chi connectivity index (χ0v) is 30.8. The summed E-state index contributed by atoms with van der Waals surface area (Å²) in [5.41, 5.74) is 16.8. The van der Waals surface area contributed by atoms with E-state index in [0.717, 1.165) is 76.0 Å². The van der Waals surface area contributed by atoms with E-state index in [1.54, 1.807) is 6.08 Å². The van der Waals surface area contributed by atoms with Gasteiger partial charge in [-0.1, -0.05) is 117 Å². The number of hydrogen-bond acceptors (Lipinski definition) is 3. The largest absolute Gasteiger partial charge is 0.455 e. The molecule has 0 radical (unpaired) electrons.